The summed E-state index contributed by atoms with van der Waals surface area (Å²) in [5.74, 6) is 1.37. The Bertz CT molecular complexity index is 124. The average Bonchev–Trinajstić information content (AvgIpc) is 1.85. The second-order valence-electron chi connectivity index (χ2n) is 4.96. The SMILES string of the molecule is CCCCS[Si](C)(C)C(C)(C)C. The van der Waals surface area contributed by atoms with Crippen LogP contribution in [0.3, 0.4) is 0 Å². The van der Waals surface area contributed by atoms with Crippen LogP contribution in [0.2, 0.25) is 18.1 Å². The molecule has 0 saturated carbocycles. The predicted octanol–water partition coefficient (Wildman–Crippen LogP) is 4.52. The molecule has 2 heteroatoms. The van der Waals surface area contributed by atoms with Crippen LogP contribution in [0.1, 0.15) is 40.5 Å². The van der Waals surface area contributed by atoms with Crippen molar-refractivity contribution in [1.29, 1.82) is 0 Å². The van der Waals surface area contributed by atoms with Crippen LogP contribution in [0.25, 0.3) is 0 Å². The standard InChI is InChI=1S/C10H24SSi/c1-7-8-9-11-12(5,6)10(2,3)4/h7-9H2,1-6H3. The highest BCUT2D eigenvalue weighted by atomic mass is 32.4. The fourth-order valence-electron chi connectivity index (χ4n) is 0.688. The maximum Gasteiger partial charge on any atom is 0.116 e. The average molecular weight is 204 g/mol. The van der Waals surface area contributed by atoms with Crippen molar-refractivity contribution >= 4 is 18.4 Å². The van der Waals surface area contributed by atoms with Crippen LogP contribution in [-0.2, 0) is 0 Å². The third-order valence-electron chi connectivity index (χ3n) is 2.77. The van der Waals surface area contributed by atoms with Gasteiger partial charge in [-0.3, -0.25) is 0 Å². The largest absolute Gasteiger partial charge is 0.185 e. The van der Waals surface area contributed by atoms with Gasteiger partial charge in [-0.25, -0.2) is 0 Å². The number of hydrogen-bond donors (Lipinski definition) is 0. The first-order valence-corrected chi connectivity index (χ1v) is 9.66. The predicted molar refractivity (Wildman–Crippen MR) is 64.6 cm³/mol. The molecule has 0 aromatic rings. The minimum absolute atomic E-state index is 0.547. The van der Waals surface area contributed by atoms with Crippen molar-refractivity contribution in [3.05, 3.63) is 0 Å². The van der Waals surface area contributed by atoms with Crippen molar-refractivity contribution in [2.24, 2.45) is 0 Å². The molecule has 0 rings (SSSR count). The lowest BCUT2D eigenvalue weighted by molar-refractivity contribution is 0.736. The van der Waals surface area contributed by atoms with Crippen LogP contribution in [-0.4, -0.2) is 13.0 Å². The fraction of sp³-hybridized carbons (Fsp3) is 1.00. The summed E-state index contributed by atoms with van der Waals surface area (Å²) in [5, 5.41) is 0.547. The van der Waals surface area contributed by atoms with E-state index in [0.29, 0.717) is 5.04 Å². The molecule has 0 N–H and O–H groups in total. The second kappa shape index (κ2) is 4.71. The summed E-state index contributed by atoms with van der Waals surface area (Å²) in [4.78, 5) is 0. The van der Waals surface area contributed by atoms with E-state index < -0.39 is 7.22 Å². The van der Waals surface area contributed by atoms with Crippen molar-refractivity contribution in [2.75, 3.05) is 5.75 Å². The zero-order valence-electron chi connectivity index (χ0n) is 9.53. The van der Waals surface area contributed by atoms with Gasteiger partial charge in [-0.05, 0) is 17.2 Å². The van der Waals surface area contributed by atoms with Gasteiger partial charge in [0, 0.05) is 0 Å². The molecular formula is C10H24SSi. The van der Waals surface area contributed by atoms with Crippen LogP contribution in [0, 0.1) is 0 Å². The Morgan fingerprint density at radius 2 is 1.67 bits per heavy atom. The third kappa shape index (κ3) is 3.99. The van der Waals surface area contributed by atoms with E-state index in [1.54, 1.807) is 0 Å². The topological polar surface area (TPSA) is 0 Å². The Kier molecular flexibility index (Phi) is 4.93. The second-order valence-corrected chi connectivity index (χ2v) is 14.1. The van der Waals surface area contributed by atoms with E-state index in [0.717, 1.165) is 0 Å². The molecule has 0 aliphatic rings. The third-order valence-corrected chi connectivity index (χ3v) is 12.2. The molecule has 0 aliphatic carbocycles. The van der Waals surface area contributed by atoms with Crippen molar-refractivity contribution < 1.29 is 0 Å². The molecule has 74 valence electrons. The summed E-state index contributed by atoms with van der Waals surface area (Å²) in [6.45, 7) is 14.4. The first-order valence-electron chi connectivity index (χ1n) is 4.95. The number of unbranched alkanes of at least 4 members (excludes halogenated alkanes) is 1. The van der Waals surface area contributed by atoms with E-state index in [-0.39, 0.29) is 0 Å². The van der Waals surface area contributed by atoms with Crippen LogP contribution in [0.4, 0.5) is 0 Å². The van der Waals surface area contributed by atoms with Crippen molar-refractivity contribution in [3.8, 4) is 0 Å². The van der Waals surface area contributed by atoms with Gasteiger partial charge >= 0.3 is 0 Å². The van der Waals surface area contributed by atoms with Gasteiger partial charge in [0.15, 0.2) is 0 Å². The fourth-order valence-corrected chi connectivity index (χ4v) is 5.33. The summed E-state index contributed by atoms with van der Waals surface area (Å²) in [7, 11) is -1.03. The molecule has 0 heterocycles. The van der Waals surface area contributed by atoms with Gasteiger partial charge in [-0.1, -0.05) is 47.2 Å². The first-order chi connectivity index (χ1) is 5.31. The van der Waals surface area contributed by atoms with Gasteiger partial charge in [-0.15, -0.1) is 0 Å². The van der Waals surface area contributed by atoms with Crippen molar-refractivity contribution in [2.45, 2.75) is 58.7 Å². The monoisotopic (exact) mass is 204 g/mol. The molecule has 0 saturated heterocycles. The first kappa shape index (κ1) is 12.6. The molecule has 0 amide bonds. The maximum absolute atomic E-state index is 2.49. The minimum Gasteiger partial charge on any atom is -0.185 e. The smallest absolute Gasteiger partial charge is 0.116 e. The Hall–Kier alpha value is 0.567. The Morgan fingerprint density at radius 1 is 1.17 bits per heavy atom. The summed E-state index contributed by atoms with van der Waals surface area (Å²) in [6.07, 6.45) is 2.72. The number of rotatable bonds is 4. The van der Waals surface area contributed by atoms with Gasteiger partial charge in [0.2, 0.25) is 0 Å². The van der Waals surface area contributed by atoms with Gasteiger partial charge in [0.05, 0.1) is 0 Å². The van der Waals surface area contributed by atoms with E-state index >= 15 is 0 Å². The van der Waals surface area contributed by atoms with E-state index in [1.165, 1.54) is 18.6 Å². The molecule has 0 aliphatic heterocycles. The summed E-state index contributed by atoms with van der Waals surface area (Å²) < 4.78 is 0. The molecule has 0 unspecified atom stereocenters. The highest BCUT2D eigenvalue weighted by Gasteiger charge is 2.35. The molecule has 0 spiro atoms. The minimum atomic E-state index is -1.03. The van der Waals surface area contributed by atoms with Crippen LogP contribution < -0.4 is 0 Å². The van der Waals surface area contributed by atoms with Gasteiger partial charge in [-0.2, -0.15) is 11.2 Å². The Morgan fingerprint density at radius 3 is 2.00 bits per heavy atom. The summed E-state index contributed by atoms with van der Waals surface area (Å²) in [6, 6.07) is 0. The Labute approximate surface area is 83.2 Å². The molecule has 0 aromatic heterocycles. The van der Waals surface area contributed by atoms with E-state index in [2.05, 4.69) is 52.0 Å². The zero-order valence-corrected chi connectivity index (χ0v) is 11.3. The molecule has 0 aromatic carbocycles. The van der Waals surface area contributed by atoms with Crippen LogP contribution in [0.5, 0.6) is 0 Å². The zero-order chi connectivity index (χ0) is 9.83. The van der Waals surface area contributed by atoms with E-state index in [1.807, 2.05) is 0 Å². The lowest BCUT2D eigenvalue weighted by Gasteiger charge is -2.36. The van der Waals surface area contributed by atoms with Gasteiger partial charge < -0.3 is 0 Å². The van der Waals surface area contributed by atoms with Crippen LogP contribution >= 0.6 is 11.2 Å². The highest BCUT2D eigenvalue weighted by Crippen LogP contribution is 2.43. The molecule has 0 fully saturated rings. The van der Waals surface area contributed by atoms with Crippen molar-refractivity contribution in [1.82, 2.24) is 0 Å². The molecule has 0 bridgehead atoms. The lowest BCUT2D eigenvalue weighted by Crippen LogP contribution is -2.33. The van der Waals surface area contributed by atoms with E-state index in [9.17, 15) is 0 Å². The summed E-state index contributed by atoms with van der Waals surface area (Å²) in [5.41, 5.74) is 0. The van der Waals surface area contributed by atoms with E-state index in [4.69, 9.17) is 0 Å². The molecule has 0 nitrogen and oxygen atoms in total. The molecular weight excluding hydrogens is 180 g/mol. The van der Waals surface area contributed by atoms with Crippen LogP contribution in [0.15, 0.2) is 0 Å². The quantitative estimate of drug-likeness (QED) is 0.479. The maximum atomic E-state index is 2.49. The number of hydrogen-bond acceptors (Lipinski definition) is 1. The molecule has 0 atom stereocenters. The van der Waals surface area contributed by atoms with Gasteiger partial charge in [0.1, 0.15) is 7.22 Å². The summed E-state index contributed by atoms with van der Waals surface area (Å²) >= 11 is 2.25. The lowest BCUT2D eigenvalue weighted by atomic mass is 10.2. The highest BCUT2D eigenvalue weighted by molar-refractivity contribution is 8.29. The normalized spacial score (nSPS) is 13.5. The molecule has 12 heavy (non-hydrogen) atoms. The Balaban J connectivity index is 3.88. The van der Waals surface area contributed by atoms with Crippen molar-refractivity contribution in [3.63, 3.8) is 0 Å². The van der Waals surface area contributed by atoms with Gasteiger partial charge in [0.25, 0.3) is 0 Å². The molecule has 0 radical (unpaired) electrons.